The van der Waals surface area contributed by atoms with Crippen molar-refractivity contribution < 1.29 is 12.6 Å². The molecule has 1 atom stereocenters. The highest BCUT2D eigenvalue weighted by molar-refractivity contribution is 7.86. The van der Waals surface area contributed by atoms with E-state index in [4.69, 9.17) is 4.18 Å². The zero-order valence-electron chi connectivity index (χ0n) is 13.5. The summed E-state index contributed by atoms with van der Waals surface area (Å²) in [5, 5.41) is 0. The second kappa shape index (κ2) is 7.92. The molecule has 0 radical (unpaired) electrons. The number of hydrogen-bond acceptors (Lipinski definition) is 3. The van der Waals surface area contributed by atoms with Crippen molar-refractivity contribution >= 4 is 16.2 Å². The zero-order chi connectivity index (χ0) is 17.5. The van der Waals surface area contributed by atoms with Gasteiger partial charge in [0, 0.05) is 0 Å². The van der Waals surface area contributed by atoms with Crippen LogP contribution in [-0.2, 0) is 14.3 Å². The molecule has 0 heterocycles. The van der Waals surface area contributed by atoms with E-state index in [1.165, 1.54) is 12.1 Å². The maximum Gasteiger partial charge on any atom is 0.297 e. The zero-order valence-corrected chi connectivity index (χ0v) is 14.3. The average Bonchev–Trinajstić information content (AvgIpc) is 2.67. The van der Waals surface area contributed by atoms with Gasteiger partial charge in [-0.2, -0.15) is 8.42 Å². The average molecular weight is 350 g/mol. The molecule has 3 rings (SSSR count). The van der Waals surface area contributed by atoms with E-state index in [1.54, 1.807) is 24.3 Å². The molecule has 0 aliphatic heterocycles. The van der Waals surface area contributed by atoms with Gasteiger partial charge < -0.3 is 0 Å². The van der Waals surface area contributed by atoms with E-state index in [1.807, 2.05) is 66.7 Å². The number of rotatable bonds is 6. The lowest BCUT2D eigenvalue weighted by molar-refractivity contribution is 0.262. The third kappa shape index (κ3) is 4.66. The Labute approximate surface area is 148 Å². The molecule has 0 spiro atoms. The van der Waals surface area contributed by atoms with Crippen molar-refractivity contribution in [2.75, 3.05) is 0 Å². The minimum atomic E-state index is -3.86. The Bertz CT molecular complexity index is 919. The summed E-state index contributed by atoms with van der Waals surface area (Å²) in [5.41, 5.74) is 1.75. The summed E-state index contributed by atoms with van der Waals surface area (Å²) >= 11 is 0. The van der Waals surface area contributed by atoms with Crippen LogP contribution in [0.1, 0.15) is 17.2 Å². The van der Waals surface area contributed by atoms with Crippen LogP contribution in [0.25, 0.3) is 6.08 Å². The third-order valence-corrected chi connectivity index (χ3v) is 4.96. The van der Waals surface area contributed by atoms with Crippen LogP contribution < -0.4 is 0 Å². The van der Waals surface area contributed by atoms with Gasteiger partial charge in [-0.05, 0) is 29.3 Å². The van der Waals surface area contributed by atoms with E-state index in [0.29, 0.717) is 0 Å². The Balaban J connectivity index is 1.91. The summed E-state index contributed by atoms with van der Waals surface area (Å²) in [6.45, 7) is 0. The molecule has 3 nitrogen and oxygen atoms in total. The molecule has 3 aromatic rings. The molecule has 0 N–H and O–H groups in total. The molecule has 126 valence electrons. The van der Waals surface area contributed by atoms with Crippen molar-refractivity contribution in [1.29, 1.82) is 0 Å². The largest absolute Gasteiger partial charge is 0.297 e. The van der Waals surface area contributed by atoms with Crippen molar-refractivity contribution in [3.63, 3.8) is 0 Å². The van der Waals surface area contributed by atoms with Crippen molar-refractivity contribution in [3.8, 4) is 0 Å². The van der Waals surface area contributed by atoms with E-state index >= 15 is 0 Å². The maximum atomic E-state index is 12.6. The monoisotopic (exact) mass is 350 g/mol. The van der Waals surface area contributed by atoms with Crippen LogP contribution in [0.5, 0.6) is 0 Å². The molecule has 0 amide bonds. The fourth-order valence-electron chi connectivity index (χ4n) is 2.38. The first-order valence-corrected chi connectivity index (χ1v) is 9.32. The lowest BCUT2D eigenvalue weighted by Crippen LogP contribution is -2.11. The summed E-state index contributed by atoms with van der Waals surface area (Å²) in [7, 11) is -3.86. The highest BCUT2D eigenvalue weighted by Crippen LogP contribution is 2.25. The SMILES string of the molecule is O=S(=O)(OC(/C=C/c1ccccc1)c1ccccc1)c1ccccc1. The summed E-state index contributed by atoms with van der Waals surface area (Å²) in [5.74, 6) is 0. The van der Waals surface area contributed by atoms with Crippen LogP contribution in [0.15, 0.2) is 102 Å². The summed E-state index contributed by atoms with van der Waals surface area (Å²) in [4.78, 5) is 0.143. The van der Waals surface area contributed by atoms with Gasteiger partial charge in [0.2, 0.25) is 0 Å². The Morgan fingerprint density at radius 1 is 0.720 bits per heavy atom. The van der Waals surface area contributed by atoms with Gasteiger partial charge >= 0.3 is 0 Å². The first-order valence-electron chi connectivity index (χ1n) is 7.92. The summed E-state index contributed by atoms with van der Waals surface area (Å²) in [6, 6.07) is 27.2. The molecule has 0 aromatic heterocycles. The van der Waals surface area contributed by atoms with Gasteiger partial charge in [0.15, 0.2) is 0 Å². The molecule has 0 fully saturated rings. The molecule has 0 saturated heterocycles. The lowest BCUT2D eigenvalue weighted by Gasteiger charge is -2.15. The molecule has 4 heteroatoms. The van der Waals surface area contributed by atoms with Crippen LogP contribution in [0.4, 0.5) is 0 Å². The van der Waals surface area contributed by atoms with Gasteiger partial charge in [0.1, 0.15) is 6.10 Å². The fourth-order valence-corrected chi connectivity index (χ4v) is 3.43. The van der Waals surface area contributed by atoms with Crippen LogP contribution in [-0.4, -0.2) is 8.42 Å². The van der Waals surface area contributed by atoms with Gasteiger partial charge in [-0.1, -0.05) is 84.9 Å². The first kappa shape index (κ1) is 17.1. The van der Waals surface area contributed by atoms with Crippen molar-refractivity contribution in [2.24, 2.45) is 0 Å². The molecule has 0 aliphatic carbocycles. The minimum absolute atomic E-state index is 0.143. The second-order valence-electron chi connectivity index (χ2n) is 5.46. The smallest absolute Gasteiger partial charge is 0.254 e. The topological polar surface area (TPSA) is 43.4 Å². The van der Waals surface area contributed by atoms with Crippen LogP contribution in [0.2, 0.25) is 0 Å². The molecule has 0 bridgehead atoms. The van der Waals surface area contributed by atoms with Crippen LogP contribution in [0, 0.1) is 0 Å². The molecule has 0 aliphatic rings. The Morgan fingerprint density at radius 2 is 1.24 bits per heavy atom. The van der Waals surface area contributed by atoms with E-state index in [2.05, 4.69) is 0 Å². The van der Waals surface area contributed by atoms with Gasteiger partial charge in [-0.25, -0.2) is 0 Å². The van der Waals surface area contributed by atoms with E-state index in [0.717, 1.165) is 11.1 Å². The van der Waals surface area contributed by atoms with Gasteiger partial charge in [0.25, 0.3) is 10.1 Å². The number of benzene rings is 3. The van der Waals surface area contributed by atoms with Crippen LogP contribution in [0.3, 0.4) is 0 Å². The third-order valence-electron chi connectivity index (χ3n) is 3.65. The highest BCUT2D eigenvalue weighted by atomic mass is 32.2. The van der Waals surface area contributed by atoms with E-state index in [9.17, 15) is 8.42 Å². The molecule has 1 unspecified atom stereocenters. The molecular weight excluding hydrogens is 332 g/mol. The van der Waals surface area contributed by atoms with E-state index in [-0.39, 0.29) is 4.90 Å². The van der Waals surface area contributed by atoms with E-state index < -0.39 is 16.2 Å². The minimum Gasteiger partial charge on any atom is -0.254 e. The van der Waals surface area contributed by atoms with Gasteiger partial charge in [-0.3, -0.25) is 4.18 Å². The number of hydrogen-bond donors (Lipinski definition) is 0. The highest BCUT2D eigenvalue weighted by Gasteiger charge is 2.21. The second-order valence-corrected chi connectivity index (χ2v) is 7.04. The standard InChI is InChI=1S/C21H18O3S/c22-25(23,20-14-8-3-9-15-20)24-21(19-12-6-2-7-13-19)17-16-18-10-4-1-5-11-18/h1-17,21H/b17-16+. The van der Waals surface area contributed by atoms with Gasteiger partial charge in [-0.15, -0.1) is 0 Å². The predicted molar refractivity (Wildman–Crippen MR) is 99.4 cm³/mol. The molecular formula is C21H18O3S. The fraction of sp³-hybridized carbons (Fsp3) is 0.0476. The lowest BCUT2D eigenvalue weighted by atomic mass is 10.1. The van der Waals surface area contributed by atoms with Crippen molar-refractivity contribution in [1.82, 2.24) is 0 Å². The Morgan fingerprint density at radius 3 is 1.84 bits per heavy atom. The summed E-state index contributed by atoms with van der Waals surface area (Å²) in [6.07, 6.45) is 2.91. The van der Waals surface area contributed by atoms with Crippen molar-refractivity contribution in [3.05, 3.63) is 108 Å². The quantitative estimate of drug-likeness (QED) is 0.597. The maximum absolute atomic E-state index is 12.6. The predicted octanol–water partition coefficient (Wildman–Crippen LogP) is 4.85. The molecule has 3 aromatic carbocycles. The van der Waals surface area contributed by atoms with Crippen molar-refractivity contribution in [2.45, 2.75) is 11.0 Å². The Kier molecular flexibility index (Phi) is 5.43. The van der Waals surface area contributed by atoms with Gasteiger partial charge in [0.05, 0.1) is 4.90 Å². The molecule has 25 heavy (non-hydrogen) atoms. The molecule has 0 saturated carbocycles. The Hall–Kier alpha value is -2.69. The van der Waals surface area contributed by atoms with Crippen LogP contribution >= 0.6 is 0 Å². The summed E-state index contributed by atoms with van der Waals surface area (Å²) < 4.78 is 30.7. The first-order chi connectivity index (χ1) is 12.1. The normalized spacial score (nSPS) is 13.0.